The van der Waals surface area contributed by atoms with E-state index in [-0.39, 0.29) is 0 Å². The van der Waals surface area contributed by atoms with Crippen molar-refractivity contribution in [3.8, 4) is 0 Å². The van der Waals surface area contributed by atoms with Gasteiger partial charge in [0.25, 0.3) is 0 Å². The fourth-order valence-corrected chi connectivity index (χ4v) is 1.46. The molecule has 0 aromatic heterocycles. The predicted molar refractivity (Wildman–Crippen MR) is 45.2 cm³/mol. The Balaban J connectivity index is 4.19. The second-order valence-corrected chi connectivity index (χ2v) is 3.67. The van der Waals surface area contributed by atoms with Crippen LogP contribution in [0.15, 0.2) is 10.8 Å². The second-order valence-electron chi connectivity index (χ2n) is 2.46. The second kappa shape index (κ2) is 4.28. The standard InChI is InChI=1S/C7H14O2Si/c1-3-4-6(10)5(2)7(8)9/h3-4H2,1-2,10H3,(H,8,9)/b6-5+. The molecule has 3 heteroatoms. The molecule has 0 aromatic carbocycles. The molecule has 0 aliphatic rings. The molecule has 0 aliphatic heterocycles. The molecule has 1 N–H and O–H groups in total. The average Bonchev–Trinajstić information content (AvgIpc) is 1.87. The largest absolute Gasteiger partial charge is 0.478 e. The van der Waals surface area contributed by atoms with Crippen LogP contribution in [-0.2, 0) is 4.79 Å². The van der Waals surface area contributed by atoms with E-state index in [0.717, 1.165) is 28.3 Å². The molecule has 0 saturated carbocycles. The van der Waals surface area contributed by atoms with E-state index in [1.54, 1.807) is 6.92 Å². The first-order valence-electron chi connectivity index (χ1n) is 3.49. The normalized spacial score (nSPS) is 13.0. The van der Waals surface area contributed by atoms with Crippen molar-refractivity contribution in [3.63, 3.8) is 0 Å². The number of carbonyl (C=O) groups is 1. The van der Waals surface area contributed by atoms with E-state index < -0.39 is 5.97 Å². The summed E-state index contributed by atoms with van der Waals surface area (Å²) < 4.78 is 0. The van der Waals surface area contributed by atoms with Gasteiger partial charge in [0.2, 0.25) is 0 Å². The summed E-state index contributed by atoms with van der Waals surface area (Å²) in [6.45, 7) is 3.74. The van der Waals surface area contributed by atoms with E-state index in [9.17, 15) is 4.79 Å². The lowest BCUT2D eigenvalue weighted by Crippen LogP contribution is -2.00. The Labute approximate surface area is 64.4 Å². The number of hydrogen-bond donors (Lipinski definition) is 1. The molecule has 2 nitrogen and oxygen atoms in total. The highest BCUT2D eigenvalue weighted by Crippen LogP contribution is 2.06. The first kappa shape index (κ1) is 9.43. The van der Waals surface area contributed by atoms with Crippen molar-refractivity contribution in [1.29, 1.82) is 0 Å². The topological polar surface area (TPSA) is 37.3 Å². The maximum atomic E-state index is 10.4. The van der Waals surface area contributed by atoms with Gasteiger partial charge >= 0.3 is 5.97 Å². The van der Waals surface area contributed by atoms with Crippen LogP contribution >= 0.6 is 0 Å². The fourth-order valence-electron chi connectivity index (χ4n) is 0.745. The highest BCUT2D eigenvalue weighted by molar-refractivity contribution is 6.24. The van der Waals surface area contributed by atoms with Crippen molar-refractivity contribution in [2.24, 2.45) is 0 Å². The molecular formula is C7H14O2Si. The lowest BCUT2D eigenvalue weighted by atomic mass is 10.2. The molecule has 10 heavy (non-hydrogen) atoms. The summed E-state index contributed by atoms with van der Waals surface area (Å²) in [5.41, 5.74) is 0.550. The minimum absolute atomic E-state index is 0.550. The van der Waals surface area contributed by atoms with E-state index in [0.29, 0.717) is 5.57 Å². The molecule has 0 fully saturated rings. The summed E-state index contributed by atoms with van der Waals surface area (Å²) in [5, 5.41) is 9.66. The van der Waals surface area contributed by atoms with Crippen LogP contribution in [0.2, 0.25) is 0 Å². The third-order valence-electron chi connectivity index (χ3n) is 1.59. The Hall–Kier alpha value is -0.573. The molecule has 0 rings (SSSR count). The molecule has 0 unspecified atom stereocenters. The molecule has 58 valence electrons. The zero-order chi connectivity index (χ0) is 8.15. The van der Waals surface area contributed by atoms with Gasteiger partial charge in [-0.3, -0.25) is 0 Å². The number of carboxylic acids is 1. The molecule has 0 aromatic rings. The van der Waals surface area contributed by atoms with Gasteiger partial charge in [0.1, 0.15) is 0 Å². The number of carboxylic acid groups (broad SMARTS) is 1. The van der Waals surface area contributed by atoms with Gasteiger partial charge in [-0.15, -0.1) is 0 Å². The smallest absolute Gasteiger partial charge is 0.330 e. The van der Waals surface area contributed by atoms with Gasteiger partial charge in [-0.1, -0.05) is 18.5 Å². The van der Waals surface area contributed by atoms with Crippen LogP contribution in [-0.4, -0.2) is 21.3 Å². The van der Waals surface area contributed by atoms with E-state index in [1.807, 2.05) is 0 Å². The van der Waals surface area contributed by atoms with E-state index in [4.69, 9.17) is 5.11 Å². The van der Waals surface area contributed by atoms with Crippen molar-refractivity contribution in [2.45, 2.75) is 26.7 Å². The SMILES string of the molecule is CCC/C([SiH3])=C(/C)C(=O)O. The van der Waals surface area contributed by atoms with Crippen LogP contribution in [0, 0.1) is 0 Å². The maximum absolute atomic E-state index is 10.4. The summed E-state index contributed by atoms with van der Waals surface area (Å²) in [4.78, 5) is 10.4. The third kappa shape index (κ3) is 2.82. The summed E-state index contributed by atoms with van der Waals surface area (Å²) in [6.07, 6.45) is 1.99. The summed E-state index contributed by atoms with van der Waals surface area (Å²) in [7, 11) is 0.879. The number of allylic oxidation sites excluding steroid dienone is 1. The Morgan fingerprint density at radius 3 is 2.40 bits per heavy atom. The maximum Gasteiger partial charge on any atom is 0.330 e. The highest BCUT2D eigenvalue weighted by Gasteiger charge is 2.02. The lowest BCUT2D eigenvalue weighted by Gasteiger charge is -2.00. The molecule has 0 spiro atoms. The van der Waals surface area contributed by atoms with Gasteiger partial charge in [0.05, 0.1) is 0 Å². The quantitative estimate of drug-likeness (QED) is 0.480. The Bertz CT molecular complexity index is 161. The highest BCUT2D eigenvalue weighted by atomic mass is 28.1. The lowest BCUT2D eigenvalue weighted by molar-refractivity contribution is -0.132. The molecule has 0 atom stereocenters. The van der Waals surface area contributed by atoms with Crippen molar-refractivity contribution in [2.75, 3.05) is 0 Å². The molecule has 0 heterocycles. The predicted octanol–water partition coefficient (Wildman–Crippen LogP) is 0.511. The average molecular weight is 158 g/mol. The van der Waals surface area contributed by atoms with Crippen LogP contribution in [0.3, 0.4) is 0 Å². The van der Waals surface area contributed by atoms with Crippen LogP contribution in [0.1, 0.15) is 26.7 Å². The van der Waals surface area contributed by atoms with Crippen LogP contribution in [0.5, 0.6) is 0 Å². The van der Waals surface area contributed by atoms with Crippen LogP contribution in [0.4, 0.5) is 0 Å². The third-order valence-corrected chi connectivity index (χ3v) is 2.84. The van der Waals surface area contributed by atoms with Gasteiger partial charge < -0.3 is 5.11 Å². The molecule has 0 bridgehead atoms. The van der Waals surface area contributed by atoms with E-state index in [2.05, 4.69) is 6.92 Å². The Morgan fingerprint density at radius 2 is 2.10 bits per heavy atom. The number of hydrogen-bond acceptors (Lipinski definition) is 1. The summed E-state index contributed by atoms with van der Waals surface area (Å²) in [6, 6.07) is 0. The monoisotopic (exact) mass is 158 g/mol. The van der Waals surface area contributed by atoms with Crippen LogP contribution < -0.4 is 0 Å². The van der Waals surface area contributed by atoms with Crippen molar-refractivity contribution >= 4 is 16.2 Å². The van der Waals surface area contributed by atoms with E-state index >= 15 is 0 Å². The zero-order valence-corrected chi connectivity index (χ0v) is 8.77. The Morgan fingerprint density at radius 1 is 1.60 bits per heavy atom. The van der Waals surface area contributed by atoms with Crippen molar-refractivity contribution in [3.05, 3.63) is 10.8 Å². The van der Waals surface area contributed by atoms with Crippen LogP contribution in [0.25, 0.3) is 0 Å². The fraction of sp³-hybridized carbons (Fsp3) is 0.571. The van der Waals surface area contributed by atoms with Gasteiger partial charge in [0, 0.05) is 15.8 Å². The summed E-state index contributed by atoms with van der Waals surface area (Å²) in [5.74, 6) is -0.765. The first-order chi connectivity index (χ1) is 4.59. The molecule has 0 amide bonds. The van der Waals surface area contributed by atoms with Gasteiger partial charge in [-0.2, -0.15) is 0 Å². The van der Waals surface area contributed by atoms with Gasteiger partial charge in [-0.05, 0) is 13.3 Å². The minimum Gasteiger partial charge on any atom is -0.478 e. The Kier molecular flexibility index (Phi) is 4.03. The number of rotatable bonds is 3. The summed E-state index contributed by atoms with van der Waals surface area (Å²) >= 11 is 0. The van der Waals surface area contributed by atoms with E-state index in [1.165, 1.54) is 0 Å². The molecule has 0 radical (unpaired) electrons. The minimum atomic E-state index is -0.765. The molecule has 0 saturated heterocycles. The first-order valence-corrected chi connectivity index (χ1v) is 4.49. The van der Waals surface area contributed by atoms with Crippen molar-refractivity contribution in [1.82, 2.24) is 0 Å². The molecular weight excluding hydrogens is 144 g/mol. The van der Waals surface area contributed by atoms with Crippen molar-refractivity contribution < 1.29 is 9.90 Å². The zero-order valence-electron chi connectivity index (χ0n) is 6.77. The number of aliphatic carboxylic acids is 1. The van der Waals surface area contributed by atoms with Gasteiger partial charge in [-0.25, -0.2) is 4.79 Å². The van der Waals surface area contributed by atoms with Gasteiger partial charge in [0.15, 0.2) is 0 Å². The molecule has 0 aliphatic carbocycles.